The summed E-state index contributed by atoms with van der Waals surface area (Å²) in [6.07, 6.45) is -0.971. The van der Waals surface area contributed by atoms with Crippen molar-refractivity contribution in [2.75, 3.05) is 44.7 Å². The minimum Gasteiger partial charge on any atom is -0.315 e. The molecule has 11 heteroatoms. The number of fused-ring (bicyclic) bond motifs is 2. The van der Waals surface area contributed by atoms with E-state index in [0.29, 0.717) is 42.8 Å². The third-order valence-corrected chi connectivity index (χ3v) is 6.79. The third kappa shape index (κ3) is 6.35. The molecule has 3 aromatic rings. The Morgan fingerprint density at radius 1 is 1.08 bits per heavy atom. The molecule has 0 saturated heterocycles. The maximum absolute atomic E-state index is 13.3. The van der Waals surface area contributed by atoms with Crippen LogP contribution in [0.1, 0.15) is 23.6 Å². The van der Waals surface area contributed by atoms with E-state index >= 15 is 0 Å². The topological polar surface area (TPSA) is 85.7 Å². The van der Waals surface area contributed by atoms with Crippen molar-refractivity contribution in [3.8, 4) is 0 Å². The number of nitrogens with one attached hydrogen (secondary N) is 2. The van der Waals surface area contributed by atoms with E-state index in [2.05, 4.69) is 27.9 Å². The number of hydrogen-bond donors (Lipinski definition) is 2. The van der Waals surface area contributed by atoms with Gasteiger partial charge in [-0.3, -0.25) is 24.6 Å². The van der Waals surface area contributed by atoms with E-state index in [4.69, 9.17) is 0 Å². The lowest BCUT2D eigenvalue weighted by Crippen LogP contribution is -2.47. The number of likely N-dealkylation sites (N-methyl/N-ethyl adjacent to an activating group) is 2. The Kier molecular flexibility index (Phi) is 9.03. The van der Waals surface area contributed by atoms with Crippen molar-refractivity contribution in [2.24, 2.45) is 0 Å². The van der Waals surface area contributed by atoms with Crippen molar-refractivity contribution in [3.63, 3.8) is 0 Å². The minimum absolute atomic E-state index is 0.0198. The molecule has 2 amide bonds. The minimum atomic E-state index is -2.51. The molecule has 0 unspecified atom stereocenters. The number of alkyl halides is 2. The van der Waals surface area contributed by atoms with Gasteiger partial charge in [-0.2, -0.15) is 5.10 Å². The Balaban J connectivity index is 1.40. The van der Waals surface area contributed by atoms with Crippen molar-refractivity contribution in [2.45, 2.75) is 39.9 Å². The van der Waals surface area contributed by atoms with Crippen LogP contribution in [0.5, 0.6) is 0 Å². The number of carbonyl (C=O) groups excluding carboxylic acids is 2. The highest BCUT2D eigenvalue weighted by Gasteiger charge is 2.25. The summed E-state index contributed by atoms with van der Waals surface area (Å²) in [4.78, 5) is 27.8. The van der Waals surface area contributed by atoms with Crippen molar-refractivity contribution in [3.05, 3.63) is 59.3 Å². The molecular formula is C27H35F2N7O2. The number of carbonyl (C=O) groups is 2. The normalized spacial score (nSPS) is 13.3. The van der Waals surface area contributed by atoms with Gasteiger partial charge in [-0.05, 0) is 42.3 Å². The molecular weight excluding hydrogens is 492 g/mol. The second kappa shape index (κ2) is 12.4. The third-order valence-electron chi connectivity index (χ3n) is 6.79. The lowest BCUT2D eigenvalue weighted by molar-refractivity contribution is -0.145. The van der Waals surface area contributed by atoms with E-state index < -0.39 is 13.0 Å². The maximum atomic E-state index is 13.3. The van der Waals surface area contributed by atoms with Gasteiger partial charge in [0, 0.05) is 44.3 Å². The standard InChI is InChI=1S/C27H35F2N7O2/c1-4-30-9-10-35(23-12-22-13-32-36(18-25(28)29)24(22)11-19(23)2)27(38)15-31-14-26(37)33(3)34-16-20-7-5-6-8-21(20)17-34/h5-8,11-13,25,30-31H,4,9-10,14-18H2,1-3H3. The molecule has 204 valence electrons. The van der Waals surface area contributed by atoms with Gasteiger partial charge in [0.25, 0.3) is 12.3 Å². The van der Waals surface area contributed by atoms with E-state index in [-0.39, 0.29) is 24.9 Å². The van der Waals surface area contributed by atoms with Crippen molar-refractivity contribution in [1.82, 2.24) is 30.4 Å². The number of anilines is 1. The second-order valence-electron chi connectivity index (χ2n) is 9.43. The summed E-state index contributed by atoms with van der Waals surface area (Å²) in [6, 6.07) is 11.7. The molecule has 0 fully saturated rings. The van der Waals surface area contributed by atoms with Gasteiger partial charge in [-0.15, -0.1) is 0 Å². The highest BCUT2D eigenvalue weighted by Crippen LogP contribution is 2.27. The summed E-state index contributed by atoms with van der Waals surface area (Å²) < 4.78 is 27.1. The average Bonchev–Trinajstić information content (AvgIpc) is 3.49. The van der Waals surface area contributed by atoms with Gasteiger partial charge in [0.05, 0.1) is 24.8 Å². The molecule has 2 heterocycles. The number of rotatable bonds is 12. The summed E-state index contributed by atoms with van der Waals surface area (Å²) in [5, 5.41) is 14.6. The van der Waals surface area contributed by atoms with Crippen LogP contribution in [0.2, 0.25) is 0 Å². The quantitative estimate of drug-likeness (QED) is 0.352. The monoisotopic (exact) mass is 527 g/mol. The number of amides is 2. The first-order valence-corrected chi connectivity index (χ1v) is 12.8. The zero-order valence-electron chi connectivity index (χ0n) is 22.1. The molecule has 0 aliphatic carbocycles. The summed E-state index contributed by atoms with van der Waals surface area (Å²) in [7, 11) is 1.74. The summed E-state index contributed by atoms with van der Waals surface area (Å²) >= 11 is 0. The fourth-order valence-corrected chi connectivity index (χ4v) is 4.70. The van der Waals surface area contributed by atoms with Gasteiger partial charge in [0.15, 0.2) is 0 Å². The molecule has 38 heavy (non-hydrogen) atoms. The van der Waals surface area contributed by atoms with Gasteiger partial charge >= 0.3 is 0 Å². The van der Waals surface area contributed by atoms with Gasteiger partial charge in [-0.25, -0.2) is 13.8 Å². The van der Waals surface area contributed by atoms with Gasteiger partial charge in [-0.1, -0.05) is 31.2 Å². The first-order valence-electron chi connectivity index (χ1n) is 12.8. The maximum Gasteiger partial charge on any atom is 0.257 e. The van der Waals surface area contributed by atoms with E-state index in [1.807, 2.05) is 37.1 Å². The number of nitrogens with zero attached hydrogens (tertiary/aromatic N) is 5. The number of halogens is 2. The first kappa shape index (κ1) is 27.6. The number of hydrogen-bond acceptors (Lipinski definition) is 6. The van der Waals surface area contributed by atoms with E-state index in [1.54, 1.807) is 23.0 Å². The predicted molar refractivity (Wildman–Crippen MR) is 143 cm³/mol. The lowest BCUT2D eigenvalue weighted by atomic mass is 10.1. The highest BCUT2D eigenvalue weighted by molar-refractivity contribution is 5.98. The summed E-state index contributed by atoms with van der Waals surface area (Å²) in [5.41, 5.74) is 4.48. The molecule has 0 saturated carbocycles. The van der Waals surface area contributed by atoms with Gasteiger partial charge in [0.1, 0.15) is 6.54 Å². The number of aryl methyl sites for hydroxylation is 1. The first-order chi connectivity index (χ1) is 18.3. The van der Waals surface area contributed by atoms with Crippen molar-refractivity contribution in [1.29, 1.82) is 0 Å². The predicted octanol–water partition coefficient (Wildman–Crippen LogP) is 2.53. The Bertz CT molecular complexity index is 1250. The second-order valence-corrected chi connectivity index (χ2v) is 9.43. The Morgan fingerprint density at radius 3 is 2.42 bits per heavy atom. The summed E-state index contributed by atoms with van der Waals surface area (Å²) in [5.74, 6) is -0.316. The van der Waals surface area contributed by atoms with Crippen LogP contribution >= 0.6 is 0 Å². The lowest BCUT2D eigenvalue weighted by Gasteiger charge is -2.28. The molecule has 0 atom stereocenters. The van der Waals surface area contributed by atoms with Crippen LogP contribution in [0.4, 0.5) is 14.5 Å². The SMILES string of the molecule is CCNCCN(C(=O)CNCC(=O)N(C)N1Cc2ccccc2C1)c1cc2cnn(CC(F)F)c2cc1C. The number of aromatic nitrogens is 2. The van der Waals surface area contributed by atoms with Crippen molar-refractivity contribution < 1.29 is 18.4 Å². The smallest absolute Gasteiger partial charge is 0.257 e. The van der Waals surface area contributed by atoms with Crippen LogP contribution in [-0.2, 0) is 29.2 Å². The van der Waals surface area contributed by atoms with Crippen LogP contribution in [-0.4, -0.2) is 77.8 Å². The van der Waals surface area contributed by atoms with Crippen molar-refractivity contribution >= 4 is 28.4 Å². The molecule has 0 bridgehead atoms. The van der Waals surface area contributed by atoms with Crippen LogP contribution < -0.4 is 15.5 Å². The number of benzene rings is 2. The summed E-state index contributed by atoms with van der Waals surface area (Å²) in [6.45, 7) is 6.47. The zero-order valence-corrected chi connectivity index (χ0v) is 22.1. The van der Waals surface area contributed by atoms with Crippen LogP contribution in [0, 0.1) is 6.92 Å². The molecule has 9 nitrogen and oxygen atoms in total. The number of hydrazine groups is 1. The average molecular weight is 528 g/mol. The van der Waals surface area contributed by atoms with Gasteiger partial charge in [0.2, 0.25) is 5.91 Å². The Morgan fingerprint density at radius 2 is 1.76 bits per heavy atom. The molecule has 1 aliphatic rings. The largest absolute Gasteiger partial charge is 0.315 e. The molecule has 4 rings (SSSR count). The highest BCUT2D eigenvalue weighted by atomic mass is 19.3. The fraction of sp³-hybridized carbons (Fsp3) is 0.444. The molecule has 1 aromatic heterocycles. The Labute approximate surface area is 221 Å². The van der Waals surface area contributed by atoms with Gasteiger partial charge < -0.3 is 10.2 Å². The Hall–Kier alpha value is -3.41. The molecule has 2 N–H and O–H groups in total. The van der Waals surface area contributed by atoms with E-state index in [0.717, 1.165) is 12.1 Å². The van der Waals surface area contributed by atoms with Crippen LogP contribution in [0.3, 0.4) is 0 Å². The molecule has 2 aromatic carbocycles. The fourth-order valence-electron chi connectivity index (χ4n) is 4.70. The molecule has 1 aliphatic heterocycles. The zero-order chi connectivity index (χ0) is 27.2. The van der Waals surface area contributed by atoms with E-state index in [9.17, 15) is 18.4 Å². The molecule has 0 spiro atoms. The van der Waals surface area contributed by atoms with Crippen LogP contribution in [0.25, 0.3) is 10.9 Å². The van der Waals surface area contributed by atoms with E-state index in [1.165, 1.54) is 22.0 Å². The van der Waals surface area contributed by atoms with Crippen LogP contribution in [0.15, 0.2) is 42.6 Å². The molecule has 0 radical (unpaired) electrons.